The number of nitrogens with one attached hydrogen (secondary N) is 2. The van der Waals surface area contributed by atoms with Crippen molar-refractivity contribution in [2.75, 3.05) is 47.5 Å². The largest absolute Gasteiger partial charge is 0.493 e. The number of methoxy groups -OCH3 is 3. The lowest BCUT2D eigenvalue weighted by Gasteiger charge is -2.29. The van der Waals surface area contributed by atoms with Gasteiger partial charge in [-0.25, -0.2) is 4.99 Å². The highest BCUT2D eigenvalue weighted by molar-refractivity contribution is 14.0. The number of nitrogens with zero attached hydrogens (tertiary/aromatic N) is 2. The molecule has 178 valence electrons. The van der Waals surface area contributed by atoms with Gasteiger partial charge in [0, 0.05) is 19.1 Å². The van der Waals surface area contributed by atoms with E-state index in [1.165, 1.54) is 32.4 Å². The highest BCUT2D eigenvalue weighted by Crippen LogP contribution is 2.38. The van der Waals surface area contributed by atoms with Gasteiger partial charge in [-0.3, -0.25) is 4.90 Å². The highest BCUT2D eigenvalue weighted by Gasteiger charge is 2.23. The van der Waals surface area contributed by atoms with Crippen molar-refractivity contribution in [2.24, 2.45) is 10.9 Å². The molecule has 1 fully saturated rings. The van der Waals surface area contributed by atoms with Crippen molar-refractivity contribution in [1.29, 1.82) is 0 Å². The van der Waals surface area contributed by atoms with Crippen LogP contribution in [0.25, 0.3) is 0 Å². The van der Waals surface area contributed by atoms with Crippen LogP contribution in [0.4, 0.5) is 0 Å². The van der Waals surface area contributed by atoms with E-state index in [2.05, 4.69) is 36.3 Å². The molecule has 7 nitrogen and oxygen atoms in total. The van der Waals surface area contributed by atoms with Crippen LogP contribution in [0.3, 0.4) is 0 Å². The molecular weight excluding hydrogens is 507 g/mol. The van der Waals surface area contributed by atoms with E-state index in [0.29, 0.717) is 35.8 Å². The minimum Gasteiger partial charge on any atom is -0.493 e. The molecule has 0 radical (unpaired) electrons. The fraction of sp³-hybridized carbons (Fsp3) is 0.696. The first-order valence-corrected chi connectivity index (χ1v) is 11.1. The van der Waals surface area contributed by atoms with Crippen LogP contribution in [0.2, 0.25) is 0 Å². The van der Waals surface area contributed by atoms with Gasteiger partial charge in [-0.15, -0.1) is 24.0 Å². The van der Waals surface area contributed by atoms with Crippen molar-refractivity contribution in [2.45, 2.75) is 52.6 Å². The minimum absolute atomic E-state index is 0. The van der Waals surface area contributed by atoms with Gasteiger partial charge < -0.3 is 24.8 Å². The lowest BCUT2D eigenvalue weighted by Crippen LogP contribution is -2.47. The first-order valence-electron chi connectivity index (χ1n) is 11.1. The van der Waals surface area contributed by atoms with E-state index in [-0.39, 0.29) is 24.0 Å². The molecule has 0 aromatic heterocycles. The normalized spacial score (nSPS) is 15.4. The molecule has 1 unspecified atom stereocenters. The van der Waals surface area contributed by atoms with E-state index in [9.17, 15) is 0 Å². The van der Waals surface area contributed by atoms with Crippen molar-refractivity contribution < 1.29 is 14.2 Å². The van der Waals surface area contributed by atoms with E-state index in [4.69, 9.17) is 19.2 Å². The summed E-state index contributed by atoms with van der Waals surface area (Å²) in [7, 11) is 4.87. The number of hydrogen-bond acceptors (Lipinski definition) is 5. The molecule has 1 aliphatic heterocycles. The monoisotopic (exact) mass is 548 g/mol. The molecule has 1 heterocycles. The second-order valence-electron chi connectivity index (χ2n) is 8.14. The SMILES string of the molecule is CCNC(=NCc1cc(OC)c(OC)c(OC)c1)NCC(CC(C)C)N1CCCC1.I. The van der Waals surface area contributed by atoms with Gasteiger partial charge in [0.05, 0.1) is 27.9 Å². The fourth-order valence-electron chi connectivity index (χ4n) is 3.97. The summed E-state index contributed by atoms with van der Waals surface area (Å²) in [5.74, 6) is 3.40. The molecule has 0 saturated carbocycles. The van der Waals surface area contributed by atoms with Crippen molar-refractivity contribution in [1.82, 2.24) is 15.5 Å². The van der Waals surface area contributed by atoms with Gasteiger partial charge in [0.15, 0.2) is 17.5 Å². The molecule has 1 aromatic carbocycles. The predicted octanol–water partition coefficient (Wildman–Crippen LogP) is 3.90. The van der Waals surface area contributed by atoms with Crippen LogP contribution < -0.4 is 24.8 Å². The van der Waals surface area contributed by atoms with Crippen LogP contribution in [0.15, 0.2) is 17.1 Å². The molecule has 8 heteroatoms. The Bertz CT molecular complexity index is 654. The van der Waals surface area contributed by atoms with E-state index >= 15 is 0 Å². The van der Waals surface area contributed by atoms with Gasteiger partial charge in [0.1, 0.15) is 0 Å². The Morgan fingerprint density at radius 2 is 1.65 bits per heavy atom. The van der Waals surface area contributed by atoms with Crippen molar-refractivity contribution in [3.8, 4) is 17.2 Å². The Morgan fingerprint density at radius 3 is 2.13 bits per heavy atom. The summed E-state index contributed by atoms with van der Waals surface area (Å²) in [6.45, 7) is 11.3. The maximum absolute atomic E-state index is 5.46. The van der Waals surface area contributed by atoms with Crippen molar-refractivity contribution in [3.05, 3.63) is 17.7 Å². The van der Waals surface area contributed by atoms with Crippen molar-refractivity contribution >= 4 is 29.9 Å². The Labute approximate surface area is 205 Å². The van der Waals surface area contributed by atoms with Crippen LogP contribution in [0.1, 0.15) is 45.6 Å². The second kappa shape index (κ2) is 14.6. The number of likely N-dealkylation sites (tertiary alicyclic amines) is 1. The summed E-state index contributed by atoms with van der Waals surface area (Å²) < 4.78 is 16.3. The number of guanidine groups is 1. The summed E-state index contributed by atoms with van der Waals surface area (Å²) >= 11 is 0. The van der Waals surface area contributed by atoms with E-state index in [0.717, 1.165) is 24.6 Å². The summed E-state index contributed by atoms with van der Waals surface area (Å²) in [6.07, 6.45) is 3.81. The Balaban J connectivity index is 0.00000480. The number of benzene rings is 1. The predicted molar refractivity (Wildman–Crippen MR) is 138 cm³/mol. The standard InChI is InChI=1S/C23H40N4O3.HI/c1-7-24-23(26-16-19(12-17(2)3)27-10-8-9-11-27)25-15-18-13-20(28-4)22(30-6)21(14-18)29-5;/h13-14,17,19H,7-12,15-16H2,1-6H3,(H2,24,25,26);1H. The van der Waals surface area contributed by atoms with Crippen LogP contribution in [0.5, 0.6) is 17.2 Å². The fourth-order valence-corrected chi connectivity index (χ4v) is 3.97. The summed E-state index contributed by atoms with van der Waals surface area (Å²) in [6, 6.07) is 4.43. The van der Waals surface area contributed by atoms with Crippen LogP contribution in [-0.4, -0.2) is 64.4 Å². The topological polar surface area (TPSA) is 67.4 Å². The third-order valence-corrected chi connectivity index (χ3v) is 5.39. The van der Waals surface area contributed by atoms with Crippen molar-refractivity contribution in [3.63, 3.8) is 0 Å². The number of hydrogen-bond donors (Lipinski definition) is 2. The number of aliphatic imine (C=N–C) groups is 1. The van der Waals surface area contributed by atoms with Crippen LogP contribution in [-0.2, 0) is 6.54 Å². The summed E-state index contributed by atoms with van der Waals surface area (Å²) in [4.78, 5) is 7.41. The third kappa shape index (κ3) is 8.56. The van der Waals surface area contributed by atoms with Crippen LogP contribution in [0, 0.1) is 5.92 Å². The first-order chi connectivity index (χ1) is 14.5. The zero-order chi connectivity index (χ0) is 21.9. The summed E-state index contributed by atoms with van der Waals surface area (Å²) in [5.41, 5.74) is 1.000. The lowest BCUT2D eigenvalue weighted by atomic mass is 10.0. The zero-order valence-corrected chi connectivity index (χ0v) is 22.3. The molecule has 0 amide bonds. The minimum atomic E-state index is 0. The molecular formula is C23H41IN4O3. The Morgan fingerprint density at radius 1 is 1.03 bits per heavy atom. The molecule has 1 saturated heterocycles. The van der Waals surface area contributed by atoms with Gasteiger partial charge in [0.2, 0.25) is 5.75 Å². The molecule has 0 bridgehead atoms. The van der Waals surface area contributed by atoms with E-state index in [1.54, 1.807) is 21.3 Å². The van der Waals surface area contributed by atoms with Gasteiger partial charge in [0.25, 0.3) is 0 Å². The third-order valence-electron chi connectivity index (χ3n) is 5.39. The Hall–Kier alpha value is -1.42. The molecule has 0 aliphatic carbocycles. The maximum Gasteiger partial charge on any atom is 0.203 e. The molecule has 0 spiro atoms. The average molecular weight is 549 g/mol. The molecule has 2 N–H and O–H groups in total. The molecule has 1 atom stereocenters. The quantitative estimate of drug-likeness (QED) is 0.249. The number of halogens is 1. The first kappa shape index (κ1) is 27.6. The molecule has 1 aliphatic rings. The zero-order valence-electron chi connectivity index (χ0n) is 20.0. The molecule has 31 heavy (non-hydrogen) atoms. The summed E-state index contributed by atoms with van der Waals surface area (Å²) in [5, 5.41) is 6.93. The smallest absolute Gasteiger partial charge is 0.203 e. The number of rotatable bonds is 11. The highest BCUT2D eigenvalue weighted by atomic mass is 127. The van der Waals surface area contributed by atoms with Gasteiger partial charge in [-0.1, -0.05) is 13.8 Å². The average Bonchev–Trinajstić information content (AvgIpc) is 3.28. The molecule has 1 aromatic rings. The second-order valence-corrected chi connectivity index (χ2v) is 8.14. The maximum atomic E-state index is 5.46. The number of ether oxygens (including phenoxy) is 3. The van der Waals surface area contributed by atoms with E-state index < -0.39 is 0 Å². The lowest BCUT2D eigenvalue weighted by molar-refractivity contribution is 0.213. The van der Waals surface area contributed by atoms with Gasteiger partial charge in [-0.05, 0) is 62.9 Å². The Kier molecular flexibility index (Phi) is 13.0. The van der Waals surface area contributed by atoms with Gasteiger partial charge in [-0.2, -0.15) is 0 Å². The van der Waals surface area contributed by atoms with Crippen LogP contribution >= 0.6 is 24.0 Å². The molecule has 2 rings (SSSR count). The van der Waals surface area contributed by atoms with Gasteiger partial charge >= 0.3 is 0 Å². The van der Waals surface area contributed by atoms with E-state index in [1.807, 2.05) is 12.1 Å².